The van der Waals surface area contributed by atoms with Crippen molar-refractivity contribution in [3.8, 4) is 0 Å². The van der Waals surface area contributed by atoms with E-state index in [2.05, 4.69) is 26.8 Å². The number of nitrogens with two attached hydrogens (primary N) is 1. The number of thiophene rings is 1. The van der Waals surface area contributed by atoms with E-state index < -0.39 is 0 Å². The van der Waals surface area contributed by atoms with E-state index in [0.29, 0.717) is 5.95 Å². The average molecular weight is 291 g/mol. The summed E-state index contributed by atoms with van der Waals surface area (Å²) in [7, 11) is 0. The van der Waals surface area contributed by atoms with E-state index in [4.69, 9.17) is 5.84 Å². The highest BCUT2D eigenvalue weighted by Crippen LogP contribution is 2.28. The Morgan fingerprint density at radius 3 is 2.90 bits per heavy atom. The molecule has 108 valence electrons. The molecule has 0 spiro atoms. The maximum atomic E-state index is 5.43. The fraction of sp³-hybridized carbons (Fsp3) is 0.571. The molecule has 2 aromatic rings. The smallest absolute Gasteiger partial charge is 0.240 e. The van der Waals surface area contributed by atoms with Crippen LogP contribution in [-0.2, 0) is 0 Å². The van der Waals surface area contributed by atoms with Gasteiger partial charge in [0.05, 0.1) is 5.39 Å². The molecule has 3 rings (SSSR count). The van der Waals surface area contributed by atoms with Crippen molar-refractivity contribution in [3.05, 3.63) is 11.4 Å². The zero-order chi connectivity index (χ0) is 13.8. The van der Waals surface area contributed by atoms with Gasteiger partial charge < -0.3 is 5.32 Å². The molecule has 0 amide bonds. The topological polar surface area (TPSA) is 75.9 Å². The first-order valence-electron chi connectivity index (χ1n) is 7.32. The summed E-state index contributed by atoms with van der Waals surface area (Å²) in [6.07, 6.45) is 8.20. The number of nitrogens with one attached hydrogen (secondary N) is 2. The van der Waals surface area contributed by atoms with Crippen LogP contribution in [0.4, 0.5) is 11.8 Å². The van der Waals surface area contributed by atoms with Crippen LogP contribution in [-0.4, -0.2) is 16.5 Å². The van der Waals surface area contributed by atoms with Gasteiger partial charge in [-0.2, -0.15) is 4.98 Å². The second-order valence-corrected chi connectivity index (χ2v) is 6.29. The van der Waals surface area contributed by atoms with Gasteiger partial charge in [0, 0.05) is 6.54 Å². The lowest BCUT2D eigenvalue weighted by Gasteiger charge is -2.21. The maximum Gasteiger partial charge on any atom is 0.240 e. The third-order valence-corrected chi connectivity index (χ3v) is 4.83. The number of nitrogens with zero attached hydrogens (tertiary/aromatic N) is 2. The van der Waals surface area contributed by atoms with Gasteiger partial charge in [-0.25, -0.2) is 10.8 Å². The fourth-order valence-electron chi connectivity index (χ4n) is 2.93. The summed E-state index contributed by atoms with van der Waals surface area (Å²) in [6.45, 7) is 0.969. The molecule has 2 aromatic heterocycles. The maximum absolute atomic E-state index is 5.43. The lowest BCUT2D eigenvalue weighted by atomic mass is 9.87. The largest absolute Gasteiger partial charge is 0.369 e. The molecule has 0 saturated heterocycles. The molecule has 0 bridgehead atoms. The SMILES string of the molecule is NNc1nc(NCCC2CCCCC2)c2ccsc2n1. The van der Waals surface area contributed by atoms with Crippen LogP contribution in [0, 0.1) is 5.92 Å². The van der Waals surface area contributed by atoms with E-state index in [1.54, 1.807) is 11.3 Å². The molecule has 5 nitrogen and oxygen atoms in total. The van der Waals surface area contributed by atoms with Crippen LogP contribution in [0.25, 0.3) is 10.2 Å². The highest BCUT2D eigenvalue weighted by atomic mass is 32.1. The van der Waals surface area contributed by atoms with Crippen molar-refractivity contribution in [3.63, 3.8) is 0 Å². The van der Waals surface area contributed by atoms with E-state index in [9.17, 15) is 0 Å². The zero-order valence-electron chi connectivity index (χ0n) is 11.6. The average Bonchev–Trinajstić information content (AvgIpc) is 2.96. The predicted molar refractivity (Wildman–Crippen MR) is 84.9 cm³/mol. The summed E-state index contributed by atoms with van der Waals surface area (Å²) in [5, 5.41) is 6.57. The van der Waals surface area contributed by atoms with Crippen LogP contribution in [0.5, 0.6) is 0 Å². The van der Waals surface area contributed by atoms with Gasteiger partial charge in [0.15, 0.2) is 0 Å². The van der Waals surface area contributed by atoms with Gasteiger partial charge >= 0.3 is 0 Å². The molecule has 6 heteroatoms. The molecule has 0 radical (unpaired) electrons. The molecule has 20 heavy (non-hydrogen) atoms. The first kappa shape index (κ1) is 13.6. The van der Waals surface area contributed by atoms with Crippen molar-refractivity contribution < 1.29 is 0 Å². The number of hydrogen-bond acceptors (Lipinski definition) is 6. The van der Waals surface area contributed by atoms with Gasteiger partial charge in [-0.05, 0) is 23.8 Å². The number of fused-ring (bicyclic) bond motifs is 1. The molecule has 1 aliphatic rings. The standard InChI is InChI=1S/C14H21N5S/c15-19-14-17-12(11-7-9-20-13(11)18-14)16-8-6-10-4-2-1-3-5-10/h7,9-10H,1-6,8,15H2,(H2,16,17,18,19). The lowest BCUT2D eigenvalue weighted by molar-refractivity contribution is 0.345. The summed E-state index contributed by atoms with van der Waals surface area (Å²) in [5.74, 6) is 7.67. The third kappa shape index (κ3) is 3.02. The predicted octanol–water partition coefficient (Wildman–Crippen LogP) is 3.36. The number of hydrogen-bond donors (Lipinski definition) is 3. The molecule has 0 aromatic carbocycles. The Labute approximate surface area is 123 Å². The molecule has 0 aliphatic heterocycles. The van der Waals surface area contributed by atoms with Crippen molar-refractivity contribution in [1.29, 1.82) is 0 Å². The van der Waals surface area contributed by atoms with E-state index >= 15 is 0 Å². The molecule has 1 aliphatic carbocycles. The van der Waals surface area contributed by atoms with Crippen LogP contribution in [0.2, 0.25) is 0 Å². The molecule has 1 fully saturated rings. The lowest BCUT2D eigenvalue weighted by Crippen LogP contribution is -2.15. The Hall–Kier alpha value is -1.40. The summed E-state index contributed by atoms with van der Waals surface area (Å²) in [4.78, 5) is 9.73. The van der Waals surface area contributed by atoms with Gasteiger partial charge in [0.1, 0.15) is 10.6 Å². The number of nitrogen functional groups attached to an aromatic ring is 1. The van der Waals surface area contributed by atoms with E-state index in [1.807, 2.05) is 5.38 Å². The number of rotatable bonds is 5. The Kier molecular flexibility index (Phi) is 4.32. The molecular formula is C14H21N5S. The molecule has 2 heterocycles. The number of hydrazine groups is 1. The minimum atomic E-state index is 0.472. The zero-order valence-corrected chi connectivity index (χ0v) is 12.4. The molecule has 4 N–H and O–H groups in total. The van der Waals surface area contributed by atoms with Gasteiger partial charge in [-0.15, -0.1) is 11.3 Å². The third-order valence-electron chi connectivity index (χ3n) is 4.02. The van der Waals surface area contributed by atoms with Gasteiger partial charge in [-0.3, -0.25) is 5.43 Å². The normalized spacial score (nSPS) is 16.4. The highest BCUT2D eigenvalue weighted by Gasteiger charge is 2.13. The Morgan fingerprint density at radius 1 is 1.25 bits per heavy atom. The molecule has 0 atom stereocenters. The van der Waals surface area contributed by atoms with Crippen LogP contribution in [0.3, 0.4) is 0 Å². The van der Waals surface area contributed by atoms with Crippen molar-refractivity contribution >= 4 is 33.3 Å². The van der Waals surface area contributed by atoms with E-state index in [0.717, 1.165) is 28.5 Å². The summed E-state index contributed by atoms with van der Waals surface area (Å²) in [6, 6.07) is 2.06. The quantitative estimate of drug-likeness (QED) is 0.582. The van der Waals surface area contributed by atoms with Crippen molar-refractivity contribution in [2.45, 2.75) is 38.5 Å². The van der Waals surface area contributed by atoms with Crippen molar-refractivity contribution in [2.24, 2.45) is 11.8 Å². The van der Waals surface area contributed by atoms with Gasteiger partial charge in [0.2, 0.25) is 5.95 Å². The monoisotopic (exact) mass is 291 g/mol. The van der Waals surface area contributed by atoms with E-state index in [-0.39, 0.29) is 0 Å². The second-order valence-electron chi connectivity index (χ2n) is 5.40. The minimum Gasteiger partial charge on any atom is -0.369 e. The van der Waals surface area contributed by atoms with E-state index in [1.165, 1.54) is 38.5 Å². The summed E-state index contributed by atoms with van der Waals surface area (Å²) < 4.78 is 0. The summed E-state index contributed by atoms with van der Waals surface area (Å²) in [5.41, 5.74) is 2.53. The summed E-state index contributed by atoms with van der Waals surface area (Å²) >= 11 is 1.61. The van der Waals surface area contributed by atoms with Crippen molar-refractivity contribution in [1.82, 2.24) is 9.97 Å². The van der Waals surface area contributed by atoms with Gasteiger partial charge in [-0.1, -0.05) is 32.1 Å². The first-order chi connectivity index (χ1) is 9.86. The minimum absolute atomic E-state index is 0.472. The van der Waals surface area contributed by atoms with Crippen LogP contribution < -0.4 is 16.6 Å². The number of anilines is 2. The fourth-order valence-corrected chi connectivity index (χ4v) is 3.69. The molecule has 0 unspecified atom stereocenters. The Morgan fingerprint density at radius 2 is 2.10 bits per heavy atom. The van der Waals surface area contributed by atoms with Crippen molar-refractivity contribution in [2.75, 3.05) is 17.3 Å². The van der Waals surface area contributed by atoms with Crippen LogP contribution >= 0.6 is 11.3 Å². The molecular weight excluding hydrogens is 270 g/mol. The Balaban J connectivity index is 1.65. The van der Waals surface area contributed by atoms with Crippen LogP contribution in [0.1, 0.15) is 38.5 Å². The highest BCUT2D eigenvalue weighted by molar-refractivity contribution is 7.16. The second kappa shape index (κ2) is 6.37. The first-order valence-corrected chi connectivity index (χ1v) is 8.20. The number of aromatic nitrogens is 2. The van der Waals surface area contributed by atoms with Crippen LogP contribution in [0.15, 0.2) is 11.4 Å². The Bertz CT molecular complexity index is 562. The van der Waals surface area contributed by atoms with Gasteiger partial charge in [0.25, 0.3) is 0 Å². The molecule has 1 saturated carbocycles.